The molecule has 5 nitrogen and oxygen atoms in total. The lowest BCUT2D eigenvalue weighted by molar-refractivity contribution is 0.0851. The molecule has 0 bridgehead atoms. The number of benzene rings is 1. The van der Waals surface area contributed by atoms with E-state index in [9.17, 15) is 0 Å². The van der Waals surface area contributed by atoms with Gasteiger partial charge in [0.2, 0.25) is 5.88 Å². The molecule has 5 heteroatoms. The van der Waals surface area contributed by atoms with Crippen molar-refractivity contribution >= 4 is 11.0 Å². The van der Waals surface area contributed by atoms with Gasteiger partial charge in [-0.3, -0.25) is 4.90 Å². The summed E-state index contributed by atoms with van der Waals surface area (Å²) in [5.41, 5.74) is 3.11. The molecule has 3 atom stereocenters. The van der Waals surface area contributed by atoms with E-state index in [2.05, 4.69) is 59.2 Å². The molecule has 1 N–H and O–H groups in total. The quantitative estimate of drug-likeness (QED) is 0.913. The molecule has 1 aliphatic rings. The molecule has 1 aromatic heterocycles. The summed E-state index contributed by atoms with van der Waals surface area (Å²) in [6.45, 7) is 9.01. The van der Waals surface area contributed by atoms with Gasteiger partial charge in [-0.05, 0) is 37.5 Å². The van der Waals surface area contributed by atoms with Gasteiger partial charge >= 0.3 is 0 Å². The minimum atomic E-state index is 0.374. The minimum Gasteiger partial charge on any atom is -0.480 e. The van der Waals surface area contributed by atoms with Crippen LogP contribution >= 0.6 is 0 Å². The Hall–Kier alpha value is -1.72. The van der Waals surface area contributed by atoms with E-state index in [0.29, 0.717) is 24.0 Å². The number of nitrogens with zero attached hydrogens (tertiary/aromatic N) is 3. The van der Waals surface area contributed by atoms with Crippen LogP contribution in [0.5, 0.6) is 5.88 Å². The van der Waals surface area contributed by atoms with Gasteiger partial charge in [0.25, 0.3) is 0 Å². The van der Waals surface area contributed by atoms with E-state index in [1.165, 1.54) is 18.4 Å². The van der Waals surface area contributed by atoms with Crippen LogP contribution in [0.3, 0.4) is 0 Å². The van der Waals surface area contributed by atoms with E-state index >= 15 is 0 Å². The highest BCUT2D eigenvalue weighted by molar-refractivity contribution is 5.75. The topological polar surface area (TPSA) is 50.3 Å². The molecular weight excluding hydrogens is 300 g/mol. The summed E-state index contributed by atoms with van der Waals surface area (Å²) in [5.74, 6) is 0.558. The van der Waals surface area contributed by atoms with Crippen LogP contribution in [0, 0.1) is 0 Å². The predicted molar refractivity (Wildman–Crippen MR) is 97.4 cm³/mol. The van der Waals surface area contributed by atoms with E-state index in [-0.39, 0.29) is 0 Å². The Morgan fingerprint density at radius 3 is 2.83 bits per heavy atom. The lowest BCUT2D eigenvalue weighted by Crippen LogP contribution is -2.56. The predicted octanol–water partition coefficient (Wildman–Crippen LogP) is 3.16. The normalized spacial score (nSPS) is 23.3. The highest BCUT2D eigenvalue weighted by atomic mass is 16.5. The third-order valence-corrected chi connectivity index (χ3v) is 5.24. The van der Waals surface area contributed by atoms with Crippen LogP contribution in [-0.2, 0) is 0 Å². The summed E-state index contributed by atoms with van der Waals surface area (Å²) in [4.78, 5) is 11.6. The van der Waals surface area contributed by atoms with Crippen molar-refractivity contribution in [2.24, 2.45) is 0 Å². The molecule has 2 aromatic rings. The average Bonchev–Trinajstić information content (AvgIpc) is 2.65. The number of methoxy groups -OCH3 is 1. The zero-order valence-corrected chi connectivity index (χ0v) is 15.1. The second kappa shape index (κ2) is 7.45. The third kappa shape index (κ3) is 3.37. The molecule has 3 rings (SSSR count). The fourth-order valence-electron chi connectivity index (χ4n) is 3.58. The molecule has 2 heterocycles. The van der Waals surface area contributed by atoms with Crippen molar-refractivity contribution in [1.29, 1.82) is 0 Å². The SMILES string of the molecule is CC[C@H]1CN(C(C)c2ccc3nc(OC)cnc3c2)[C@H](CC)CN1. The molecular formula is C19H28N4O. The molecule has 1 unspecified atom stereocenters. The van der Waals surface area contributed by atoms with Crippen molar-refractivity contribution in [2.75, 3.05) is 20.2 Å². The van der Waals surface area contributed by atoms with Gasteiger partial charge in [0.1, 0.15) is 0 Å². The first-order valence-electron chi connectivity index (χ1n) is 8.96. The van der Waals surface area contributed by atoms with E-state index in [0.717, 1.165) is 24.1 Å². The molecule has 0 spiro atoms. The zero-order valence-electron chi connectivity index (χ0n) is 15.1. The number of hydrogen-bond donors (Lipinski definition) is 1. The Morgan fingerprint density at radius 1 is 1.29 bits per heavy atom. The Kier molecular flexibility index (Phi) is 5.31. The largest absolute Gasteiger partial charge is 0.480 e. The molecule has 1 aliphatic heterocycles. The van der Waals surface area contributed by atoms with Crippen LogP contribution in [0.1, 0.15) is 45.2 Å². The minimum absolute atomic E-state index is 0.374. The van der Waals surface area contributed by atoms with Gasteiger partial charge in [0.05, 0.1) is 24.3 Å². The van der Waals surface area contributed by atoms with Gasteiger partial charge < -0.3 is 10.1 Å². The summed E-state index contributed by atoms with van der Waals surface area (Å²) in [5, 5.41) is 3.67. The van der Waals surface area contributed by atoms with Crippen molar-refractivity contribution in [1.82, 2.24) is 20.2 Å². The van der Waals surface area contributed by atoms with Crippen LogP contribution in [-0.4, -0.2) is 47.2 Å². The number of ether oxygens (including phenoxy) is 1. The van der Waals surface area contributed by atoms with Crippen molar-refractivity contribution in [3.8, 4) is 5.88 Å². The van der Waals surface area contributed by atoms with Crippen molar-refractivity contribution in [2.45, 2.75) is 51.7 Å². The Bertz CT molecular complexity index is 690. The fraction of sp³-hybridized carbons (Fsp3) is 0.579. The van der Waals surface area contributed by atoms with Crippen LogP contribution in [0.2, 0.25) is 0 Å². The van der Waals surface area contributed by atoms with Crippen LogP contribution in [0.25, 0.3) is 11.0 Å². The number of fused-ring (bicyclic) bond motifs is 1. The summed E-state index contributed by atoms with van der Waals surface area (Å²) in [6.07, 6.45) is 4.02. The smallest absolute Gasteiger partial charge is 0.232 e. The zero-order chi connectivity index (χ0) is 17.1. The van der Waals surface area contributed by atoms with Gasteiger partial charge in [-0.15, -0.1) is 0 Å². The van der Waals surface area contributed by atoms with Crippen LogP contribution in [0.4, 0.5) is 0 Å². The van der Waals surface area contributed by atoms with Crippen molar-refractivity contribution in [3.05, 3.63) is 30.0 Å². The number of hydrogen-bond acceptors (Lipinski definition) is 5. The highest BCUT2D eigenvalue weighted by Crippen LogP contribution is 2.28. The second-order valence-electron chi connectivity index (χ2n) is 6.61. The molecule has 130 valence electrons. The van der Waals surface area contributed by atoms with Gasteiger partial charge in [-0.25, -0.2) is 9.97 Å². The first-order chi connectivity index (χ1) is 11.7. The number of aromatic nitrogens is 2. The molecule has 1 fully saturated rings. The Morgan fingerprint density at radius 2 is 2.12 bits per heavy atom. The molecule has 0 aliphatic carbocycles. The second-order valence-corrected chi connectivity index (χ2v) is 6.61. The lowest BCUT2D eigenvalue weighted by atomic mass is 9.98. The summed E-state index contributed by atoms with van der Waals surface area (Å²) in [7, 11) is 1.62. The van der Waals surface area contributed by atoms with Gasteiger partial charge in [-0.1, -0.05) is 19.9 Å². The molecule has 1 saturated heterocycles. The van der Waals surface area contributed by atoms with Gasteiger partial charge in [0, 0.05) is 31.2 Å². The molecule has 24 heavy (non-hydrogen) atoms. The fourth-order valence-corrected chi connectivity index (χ4v) is 3.58. The number of rotatable bonds is 5. The Balaban J connectivity index is 1.87. The summed E-state index contributed by atoms with van der Waals surface area (Å²) in [6, 6.07) is 7.94. The van der Waals surface area contributed by atoms with E-state index in [1.54, 1.807) is 13.3 Å². The molecule has 1 aromatic carbocycles. The van der Waals surface area contributed by atoms with Gasteiger partial charge in [0.15, 0.2) is 0 Å². The maximum absolute atomic E-state index is 5.16. The maximum atomic E-state index is 5.16. The van der Waals surface area contributed by atoms with Crippen molar-refractivity contribution in [3.63, 3.8) is 0 Å². The molecule has 0 amide bonds. The molecule has 0 saturated carbocycles. The molecule has 0 radical (unpaired) electrons. The summed E-state index contributed by atoms with van der Waals surface area (Å²) < 4.78 is 5.16. The number of nitrogens with one attached hydrogen (secondary N) is 1. The van der Waals surface area contributed by atoms with Gasteiger partial charge in [-0.2, -0.15) is 0 Å². The first-order valence-corrected chi connectivity index (χ1v) is 8.96. The van der Waals surface area contributed by atoms with Crippen molar-refractivity contribution < 1.29 is 4.74 Å². The monoisotopic (exact) mass is 328 g/mol. The Labute approximate surface area is 144 Å². The average molecular weight is 328 g/mol. The standard InChI is InChI=1S/C19H28N4O/c1-5-15-12-23(16(6-2)10-20-15)13(3)14-7-8-17-18(9-14)21-11-19(22-17)24-4/h7-9,11,13,15-16,20H,5-6,10,12H2,1-4H3/t13?,15-,16+/m0/s1. The lowest BCUT2D eigenvalue weighted by Gasteiger charge is -2.43. The third-order valence-electron chi connectivity index (χ3n) is 5.24. The highest BCUT2D eigenvalue weighted by Gasteiger charge is 2.30. The van der Waals surface area contributed by atoms with Crippen LogP contribution in [0.15, 0.2) is 24.4 Å². The van der Waals surface area contributed by atoms with E-state index in [4.69, 9.17) is 4.74 Å². The van der Waals surface area contributed by atoms with Crippen LogP contribution < -0.4 is 10.1 Å². The van der Waals surface area contributed by atoms with E-state index < -0.39 is 0 Å². The first kappa shape index (κ1) is 17.1. The number of piperazine rings is 1. The maximum Gasteiger partial charge on any atom is 0.232 e. The van der Waals surface area contributed by atoms with E-state index in [1.807, 2.05) is 0 Å². The summed E-state index contributed by atoms with van der Waals surface area (Å²) >= 11 is 0.